The average Bonchev–Trinajstić information content (AvgIpc) is 2.92. The summed E-state index contributed by atoms with van der Waals surface area (Å²) in [6, 6.07) is 0.420. The second-order valence-corrected chi connectivity index (χ2v) is 4.59. The van der Waals surface area contributed by atoms with Crippen molar-refractivity contribution >= 4 is 41.3 Å². The largest absolute Gasteiger partial charge is 0.333 e. The van der Waals surface area contributed by atoms with Crippen LogP contribution in [-0.2, 0) is 11.3 Å². The van der Waals surface area contributed by atoms with Crippen LogP contribution in [0.2, 0.25) is 0 Å². The van der Waals surface area contributed by atoms with Gasteiger partial charge in [-0.15, -0.1) is 35.3 Å². The van der Waals surface area contributed by atoms with E-state index in [1.54, 1.807) is 16.8 Å². The topological polar surface area (TPSA) is 33.2 Å². The fourth-order valence-electron chi connectivity index (χ4n) is 1.37. The van der Waals surface area contributed by atoms with Crippen molar-refractivity contribution in [1.29, 1.82) is 0 Å². The molecule has 1 heterocycles. The molecular formula is C9H12Cl2N2OS. The number of rotatable bonds is 4. The maximum Gasteiger partial charge on any atom is 0.238 e. The standard InChI is InChI=1S/C9H11ClN2OS.ClH/c10-3-9(13)12(7-1-2-7)5-8-4-11-6-14-8;/h4,6-7H,1-3,5H2;1H. The van der Waals surface area contributed by atoms with Crippen LogP contribution in [-0.4, -0.2) is 27.7 Å². The van der Waals surface area contributed by atoms with Gasteiger partial charge in [0, 0.05) is 17.1 Å². The number of amides is 1. The Balaban J connectivity index is 0.00000112. The molecule has 0 aromatic carbocycles. The van der Waals surface area contributed by atoms with Gasteiger partial charge in [-0.25, -0.2) is 0 Å². The van der Waals surface area contributed by atoms with E-state index in [0.717, 1.165) is 17.7 Å². The van der Waals surface area contributed by atoms with Gasteiger partial charge in [0.2, 0.25) is 5.91 Å². The molecule has 1 aliphatic carbocycles. The van der Waals surface area contributed by atoms with E-state index in [-0.39, 0.29) is 24.2 Å². The van der Waals surface area contributed by atoms with Crippen molar-refractivity contribution in [3.8, 4) is 0 Å². The molecular weight excluding hydrogens is 255 g/mol. The monoisotopic (exact) mass is 266 g/mol. The molecule has 0 N–H and O–H groups in total. The van der Waals surface area contributed by atoms with Crippen LogP contribution < -0.4 is 0 Å². The van der Waals surface area contributed by atoms with E-state index in [4.69, 9.17) is 11.6 Å². The third-order valence-corrected chi connectivity index (χ3v) is 3.22. The highest BCUT2D eigenvalue weighted by atomic mass is 35.5. The summed E-state index contributed by atoms with van der Waals surface area (Å²) in [5.74, 6) is 0.109. The molecule has 0 saturated heterocycles. The van der Waals surface area contributed by atoms with Crippen LogP contribution in [0.15, 0.2) is 11.7 Å². The van der Waals surface area contributed by atoms with Crippen molar-refractivity contribution in [2.45, 2.75) is 25.4 Å². The Morgan fingerprint density at radius 2 is 2.40 bits per heavy atom. The summed E-state index contributed by atoms with van der Waals surface area (Å²) in [5, 5.41) is 0. The fraction of sp³-hybridized carbons (Fsp3) is 0.556. The van der Waals surface area contributed by atoms with Gasteiger partial charge in [-0.2, -0.15) is 0 Å². The Labute approximate surface area is 104 Å². The highest BCUT2D eigenvalue weighted by Gasteiger charge is 2.32. The number of thiazole rings is 1. The maximum atomic E-state index is 11.5. The van der Waals surface area contributed by atoms with Gasteiger partial charge in [-0.3, -0.25) is 9.78 Å². The van der Waals surface area contributed by atoms with Crippen LogP contribution in [0.4, 0.5) is 0 Å². The Kier molecular flexibility index (Phi) is 4.83. The summed E-state index contributed by atoms with van der Waals surface area (Å²) in [4.78, 5) is 18.5. The molecule has 15 heavy (non-hydrogen) atoms. The van der Waals surface area contributed by atoms with E-state index in [2.05, 4.69) is 4.98 Å². The van der Waals surface area contributed by atoms with Gasteiger partial charge in [0.25, 0.3) is 0 Å². The molecule has 84 valence electrons. The zero-order valence-electron chi connectivity index (χ0n) is 8.06. The van der Waals surface area contributed by atoms with Gasteiger partial charge in [0.05, 0.1) is 12.1 Å². The number of hydrogen-bond donors (Lipinski definition) is 0. The van der Waals surface area contributed by atoms with Gasteiger partial charge in [-0.1, -0.05) is 0 Å². The lowest BCUT2D eigenvalue weighted by molar-refractivity contribution is -0.129. The van der Waals surface area contributed by atoms with Crippen LogP contribution in [0, 0.1) is 0 Å². The third kappa shape index (κ3) is 3.33. The molecule has 0 bridgehead atoms. The van der Waals surface area contributed by atoms with Crippen molar-refractivity contribution in [2.75, 3.05) is 5.88 Å². The van der Waals surface area contributed by atoms with Crippen molar-refractivity contribution < 1.29 is 4.79 Å². The van der Waals surface area contributed by atoms with Gasteiger partial charge in [0.1, 0.15) is 5.88 Å². The van der Waals surface area contributed by atoms with Crippen LogP contribution in [0.1, 0.15) is 17.7 Å². The molecule has 1 saturated carbocycles. The minimum atomic E-state index is 0. The lowest BCUT2D eigenvalue weighted by Crippen LogP contribution is -2.33. The number of halogens is 2. The SMILES string of the molecule is Cl.O=C(CCl)N(Cc1cncs1)C1CC1. The first-order valence-corrected chi connectivity index (χ1v) is 5.95. The molecule has 1 aromatic heterocycles. The molecule has 1 amide bonds. The van der Waals surface area contributed by atoms with E-state index in [1.807, 2.05) is 11.1 Å². The molecule has 3 nitrogen and oxygen atoms in total. The predicted molar refractivity (Wildman–Crippen MR) is 63.7 cm³/mol. The number of carbonyl (C=O) groups excluding carboxylic acids is 1. The number of alkyl halides is 1. The van der Waals surface area contributed by atoms with E-state index < -0.39 is 0 Å². The zero-order valence-corrected chi connectivity index (χ0v) is 10.4. The van der Waals surface area contributed by atoms with Crippen LogP contribution >= 0.6 is 35.3 Å². The van der Waals surface area contributed by atoms with Gasteiger partial charge in [-0.05, 0) is 12.8 Å². The molecule has 0 spiro atoms. The molecule has 2 rings (SSSR count). The van der Waals surface area contributed by atoms with Gasteiger partial charge >= 0.3 is 0 Å². The quantitative estimate of drug-likeness (QED) is 0.784. The molecule has 6 heteroatoms. The Hall–Kier alpha value is -0.320. The number of nitrogens with zero attached hydrogens (tertiary/aromatic N) is 2. The number of carbonyl (C=O) groups is 1. The molecule has 0 unspecified atom stereocenters. The Morgan fingerprint density at radius 3 is 2.87 bits per heavy atom. The summed E-state index contributed by atoms with van der Waals surface area (Å²) >= 11 is 7.13. The predicted octanol–water partition coefficient (Wildman–Crippen LogP) is 2.29. The minimum Gasteiger partial charge on any atom is -0.333 e. The number of aromatic nitrogens is 1. The van der Waals surface area contributed by atoms with Crippen LogP contribution in [0.3, 0.4) is 0 Å². The van der Waals surface area contributed by atoms with Crippen LogP contribution in [0.25, 0.3) is 0 Å². The molecule has 0 aliphatic heterocycles. The molecule has 0 atom stereocenters. The smallest absolute Gasteiger partial charge is 0.238 e. The number of hydrogen-bond acceptors (Lipinski definition) is 3. The lowest BCUT2D eigenvalue weighted by atomic mass is 10.4. The summed E-state index contributed by atoms with van der Waals surface area (Å²) in [6.07, 6.45) is 4.03. The highest BCUT2D eigenvalue weighted by molar-refractivity contribution is 7.09. The fourth-order valence-corrected chi connectivity index (χ4v) is 2.12. The molecule has 1 aliphatic rings. The van der Waals surface area contributed by atoms with E-state index in [9.17, 15) is 4.79 Å². The summed E-state index contributed by atoms with van der Waals surface area (Å²) in [7, 11) is 0. The first-order chi connectivity index (χ1) is 6.81. The minimum absolute atomic E-state index is 0. The van der Waals surface area contributed by atoms with Crippen molar-refractivity contribution in [2.24, 2.45) is 0 Å². The lowest BCUT2D eigenvalue weighted by Gasteiger charge is -2.20. The van der Waals surface area contributed by atoms with Gasteiger partial charge < -0.3 is 4.90 Å². The Bertz CT molecular complexity index is 314. The highest BCUT2D eigenvalue weighted by Crippen LogP contribution is 2.29. The maximum absolute atomic E-state index is 11.5. The summed E-state index contributed by atoms with van der Waals surface area (Å²) < 4.78 is 0. The first kappa shape index (κ1) is 12.7. The van der Waals surface area contributed by atoms with Crippen molar-refractivity contribution in [3.63, 3.8) is 0 Å². The second kappa shape index (κ2) is 5.68. The summed E-state index contributed by atoms with van der Waals surface area (Å²) in [5.41, 5.74) is 1.78. The second-order valence-electron chi connectivity index (χ2n) is 3.35. The zero-order chi connectivity index (χ0) is 9.97. The van der Waals surface area contributed by atoms with E-state index >= 15 is 0 Å². The Morgan fingerprint density at radius 1 is 1.67 bits per heavy atom. The van der Waals surface area contributed by atoms with Gasteiger partial charge in [0.15, 0.2) is 0 Å². The van der Waals surface area contributed by atoms with E-state index in [0.29, 0.717) is 12.6 Å². The van der Waals surface area contributed by atoms with Crippen molar-refractivity contribution in [3.05, 3.63) is 16.6 Å². The third-order valence-electron chi connectivity index (χ3n) is 2.23. The molecule has 0 radical (unpaired) electrons. The van der Waals surface area contributed by atoms with Crippen molar-refractivity contribution in [1.82, 2.24) is 9.88 Å². The normalized spacial score (nSPS) is 14.5. The first-order valence-electron chi connectivity index (χ1n) is 4.54. The summed E-state index contributed by atoms with van der Waals surface area (Å²) in [6.45, 7) is 0.668. The van der Waals surface area contributed by atoms with E-state index in [1.165, 1.54) is 0 Å². The molecule has 1 fully saturated rings. The molecule has 1 aromatic rings. The van der Waals surface area contributed by atoms with Crippen LogP contribution in [0.5, 0.6) is 0 Å². The average molecular weight is 267 g/mol.